The van der Waals surface area contributed by atoms with Gasteiger partial charge in [0.05, 0.1) is 33.0 Å². The minimum atomic E-state index is -2.06. The molecule has 5 heterocycles. The maximum Gasteiger partial charge on any atom is 0.217 e. The second-order valence-corrected chi connectivity index (χ2v) is 14.7. The Labute approximate surface area is 333 Å². The van der Waals surface area contributed by atoms with Crippen molar-refractivity contribution < 1.29 is 129 Å². The van der Waals surface area contributed by atoms with E-state index in [4.69, 9.17) is 42.6 Å². The van der Waals surface area contributed by atoms with Crippen LogP contribution in [0.25, 0.3) is 0 Å². The minimum Gasteiger partial charge on any atom is -0.394 e. The van der Waals surface area contributed by atoms with Crippen molar-refractivity contribution in [3.8, 4) is 0 Å². The molecule has 5 aliphatic rings. The molecule has 27 heteroatoms. The maximum atomic E-state index is 11.7. The third-order valence-corrected chi connectivity index (χ3v) is 10.7. The number of ether oxygens (including phenoxy) is 9. The Morgan fingerprint density at radius 1 is 0.441 bits per heavy atom. The molecular weight excluding hydrogens is 814 g/mol. The van der Waals surface area contributed by atoms with Crippen LogP contribution >= 0.6 is 0 Å². The predicted octanol–water partition coefficient (Wildman–Crippen LogP) is -11.8. The fraction of sp³-hybridized carbons (Fsp3) is 0.969. The number of hydrogen-bond acceptors (Lipinski definition) is 26. The zero-order chi connectivity index (χ0) is 43.6. The van der Waals surface area contributed by atoms with Crippen molar-refractivity contribution in [1.29, 1.82) is 0 Å². The quantitative estimate of drug-likeness (QED) is 0.0770. The molecule has 1 amide bonds. The summed E-state index contributed by atoms with van der Waals surface area (Å²) in [6.07, 6.45) is -44.6. The highest BCUT2D eigenvalue weighted by Crippen LogP contribution is 2.35. The first kappa shape index (κ1) is 48.5. The molecule has 17 N–H and O–H groups in total. The largest absolute Gasteiger partial charge is 0.394 e. The normalized spacial score (nSPS) is 51.0. The van der Waals surface area contributed by atoms with Gasteiger partial charge in [0.15, 0.2) is 31.5 Å². The molecule has 0 aromatic heterocycles. The number of hydrogen-bond donors (Lipinski definition) is 17. The smallest absolute Gasteiger partial charge is 0.217 e. The molecular formula is C32H55NO26. The summed E-state index contributed by atoms with van der Waals surface area (Å²) in [5, 5.41) is 170. The summed E-state index contributed by atoms with van der Waals surface area (Å²) >= 11 is 0. The average Bonchev–Trinajstić information content (AvgIpc) is 3.21. The number of carbonyl (C=O) groups excluding carboxylic acids is 1. The van der Waals surface area contributed by atoms with Gasteiger partial charge in [0, 0.05) is 6.92 Å². The highest BCUT2D eigenvalue weighted by Gasteiger charge is 2.55. The molecule has 0 spiro atoms. The van der Waals surface area contributed by atoms with Crippen molar-refractivity contribution in [2.45, 2.75) is 160 Å². The van der Waals surface area contributed by atoms with Crippen LogP contribution in [-0.2, 0) is 47.4 Å². The summed E-state index contributed by atoms with van der Waals surface area (Å²) < 4.78 is 50.4. The van der Waals surface area contributed by atoms with E-state index in [9.17, 15) is 86.5 Å². The zero-order valence-electron chi connectivity index (χ0n) is 31.2. The van der Waals surface area contributed by atoms with E-state index >= 15 is 0 Å². The summed E-state index contributed by atoms with van der Waals surface area (Å²) in [4.78, 5) is 11.7. The molecule has 59 heavy (non-hydrogen) atoms. The third kappa shape index (κ3) is 10.3. The van der Waals surface area contributed by atoms with Crippen molar-refractivity contribution >= 4 is 5.91 Å². The first-order chi connectivity index (χ1) is 27.9. The highest BCUT2D eigenvalue weighted by atomic mass is 16.8. The van der Waals surface area contributed by atoms with E-state index in [0.717, 1.165) is 6.92 Å². The van der Waals surface area contributed by atoms with E-state index in [-0.39, 0.29) is 0 Å². The molecule has 0 saturated carbocycles. The van der Waals surface area contributed by atoms with Gasteiger partial charge in [-0.15, -0.1) is 0 Å². The van der Waals surface area contributed by atoms with Crippen LogP contribution in [0.15, 0.2) is 0 Å². The van der Waals surface area contributed by atoms with Crippen LogP contribution in [-0.4, -0.2) is 274 Å². The Kier molecular flexibility index (Phi) is 17.1. The molecule has 25 atom stereocenters. The lowest BCUT2D eigenvalue weighted by molar-refractivity contribution is -0.396. The molecule has 344 valence electrons. The molecule has 0 bridgehead atoms. The van der Waals surface area contributed by atoms with Gasteiger partial charge in [-0.2, -0.15) is 0 Å². The monoisotopic (exact) mass is 869 g/mol. The Hall–Kier alpha value is -1.53. The summed E-state index contributed by atoms with van der Waals surface area (Å²) in [5.41, 5.74) is 0. The lowest BCUT2D eigenvalue weighted by Crippen LogP contribution is -2.67. The number of nitrogens with one attached hydrogen (secondary N) is 1. The van der Waals surface area contributed by atoms with Gasteiger partial charge in [0.2, 0.25) is 5.91 Å². The van der Waals surface area contributed by atoms with Crippen LogP contribution in [0.3, 0.4) is 0 Å². The number of aliphatic hydroxyl groups excluding tert-OH is 16. The molecule has 0 radical (unpaired) electrons. The van der Waals surface area contributed by atoms with Crippen molar-refractivity contribution in [1.82, 2.24) is 5.32 Å². The number of amides is 1. The van der Waals surface area contributed by atoms with E-state index in [1.54, 1.807) is 0 Å². The standard InChI is InChI=1S/C32H55NO26/c1-7(38)33-13-18(43)25(11(5-37)52-28(13)50)57-30-24(49)20(45)17(42)12(56-30)6-51-31-26(21(46)15(40)9(3-35)54-31)59-32-27(22(47)16(41)10(4-36)55-32)58-29-23(48)19(44)14(39)8(2-34)53-29/h8-32,34-37,39-50H,2-6H2,1H3,(H,33,38)/t8-,9-,10-,11-,12-,13-,14-,15-,16-,17-,18-,19+,20+,21+,22+,23-,24+,25-,26+,27+,28+,29-,30-,31+,32-/m1/s1. The van der Waals surface area contributed by atoms with Gasteiger partial charge < -0.3 is 130 Å². The molecule has 0 unspecified atom stereocenters. The summed E-state index contributed by atoms with van der Waals surface area (Å²) in [5.74, 6) is -0.690. The van der Waals surface area contributed by atoms with E-state index in [0.29, 0.717) is 0 Å². The first-order valence-corrected chi connectivity index (χ1v) is 18.6. The summed E-state index contributed by atoms with van der Waals surface area (Å²) in [7, 11) is 0. The van der Waals surface area contributed by atoms with Crippen molar-refractivity contribution in [2.75, 3.05) is 33.0 Å². The number of aliphatic hydroxyl groups is 16. The molecule has 5 aliphatic heterocycles. The Balaban J connectivity index is 1.35. The van der Waals surface area contributed by atoms with Crippen LogP contribution in [0.2, 0.25) is 0 Å². The number of rotatable bonds is 14. The van der Waals surface area contributed by atoms with Crippen molar-refractivity contribution in [2.24, 2.45) is 0 Å². The Bertz CT molecular complexity index is 1320. The second kappa shape index (κ2) is 20.8. The van der Waals surface area contributed by atoms with Crippen LogP contribution in [0.1, 0.15) is 6.92 Å². The van der Waals surface area contributed by atoms with Gasteiger partial charge in [-0.05, 0) is 0 Å². The lowest BCUT2D eigenvalue weighted by atomic mass is 9.95. The molecule has 27 nitrogen and oxygen atoms in total. The molecule has 5 fully saturated rings. The molecule has 0 aromatic rings. The van der Waals surface area contributed by atoms with Crippen molar-refractivity contribution in [3.63, 3.8) is 0 Å². The topological polar surface area (TPSA) is 436 Å². The van der Waals surface area contributed by atoms with Crippen LogP contribution < -0.4 is 5.32 Å². The summed E-state index contributed by atoms with van der Waals surface area (Å²) in [6.45, 7) is -3.36. The summed E-state index contributed by atoms with van der Waals surface area (Å²) in [6, 6.07) is -1.50. The van der Waals surface area contributed by atoms with E-state index in [2.05, 4.69) is 5.32 Å². The van der Waals surface area contributed by atoms with Gasteiger partial charge in [-0.25, -0.2) is 0 Å². The second-order valence-electron chi connectivity index (χ2n) is 14.7. The average molecular weight is 870 g/mol. The Morgan fingerprint density at radius 3 is 1.32 bits per heavy atom. The lowest BCUT2D eigenvalue weighted by Gasteiger charge is -2.49. The van der Waals surface area contributed by atoms with Gasteiger partial charge in [-0.1, -0.05) is 0 Å². The van der Waals surface area contributed by atoms with Crippen molar-refractivity contribution in [3.05, 3.63) is 0 Å². The van der Waals surface area contributed by atoms with Crippen LogP contribution in [0.4, 0.5) is 0 Å². The van der Waals surface area contributed by atoms with Gasteiger partial charge in [0.1, 0.15) is 122 Å². The molecule has 5 saturated heterocycles. The van der Waals surface area contributed by atoms with E-state index in [1.807, 2.05) is 0 Å². The van der Waals surface area contributed by atoms with Crippen LogP contribution in [0, 0.1) is 0 Å². The molecule has 0 aromatic carbocycles. The predicted molar refractivity (Wildman–Crippen MR) is 178 cm³/mol. The highest BCUT2D eigenvalue weighted by molar-refractivity contribution is 5.73. The van der Waals surface area contributed by atoms with Gasteiger partial charge in [0.25, 0.3) is 0 Å². The molecule has 5 rings (SSSR count). The van der Waals surface area contributed by atoms with E-state index < -0.39 is 192 Å². The fourth-order valence-corrected chi connectivity index (χ4v) is 7.29. The third-order valence-electron chi connectivity index (χ3n) is 10.7. The Morgan fingerprint density at radius 2 is 0.831 bits per heavy atom. The first-order valence-electron chi connectivity index (χ1n) is 18.6. The van der Waals surface area contributed by atoms with E-state index in [1.165, 1.54) is 0 Å². The number of carbonyl (C=O) groups is 1. The maximum absolute atomic E-state index is 11.7. The fourth-order valence-electron chi connectivity index (χ4n) is 7.29. The SMILES string of the molecule is CC(=O)N[C@@H]1[C@@H](O)[C@H](O[C@H]2O[C@H](CO[C@H]3O[C@H](CO)[C@@H](O)[C@H](O)[C@@H]3O[C@H]3O[C@H](CO)[C@@H](O)[C@H](O)[C@@H]3O[C@H]3O[C@H](CO)[C@@H](O)[C@H](O)[C@H]3O)[C@@H](O)[C@H](O)[C@@H]2O)[C@@H](CO)O[C@@H]1O. The zero-order valence-corrected chi connectivity index (χ0v) is 31.2. The minimum absolute atomic E-state index is 0.690. The van der Waals surface area contributed by atoms with Crippen LogP contribution in [0.5, 0.6) is 0 Å². The van der Waals surface area contributed by atoms with Gasteiger partial charge in [-0.3, -0.25) is 4.79 Å². The van der Waals surface area contributed by atoms with Gasteiger partial charge >= 0.3 is 0 Å². The molecule has 0 aliphatic carbocycles.